The fourth-order valence-corrected chi connectivity index (χ4v) is 3.16. The number of anilines is 2. The van der Waals surface area contributed by atoms with Crippen molar-refractivity contribution in [1.29, 1.82) is 0 Å². The summed E-state index contributed by atoms with van der Waals surface area (Å²) in [6.07, 6.45) is 1.16. The van der Waals surface area contributed by atoms with Gasteiger partial charge in [-0.3, -0.25) is 0 Å². The van der Waals surface area contributed by atoms with Crippen LogP contribution in [0.1, 0.15) is 12.8 Å². The highest BCUT2D eigenvalue weighted by atomic mass is 16.3. The summed E-state index contributed by atoms with van der Waals surface area (Å²) in [7, 11) is 0. The maximum absolute atomic E-state index is 10.9. The number of nitrogens with one attached hydrogen (secondary N) is 2. The van der Waals surface area contributed by atoms with Gasteiger partial charge in [0.1, 0.15) is 11.5 Å². The Kier molecular flexibility index (Phi) is 5.65. The largest absolute Gasteiger partial charge is 0.507 e. The third-order valence-electron chi connectivity index (χ3n) is 4.42. The van der Waals surface area contributed by atoms with Crippen molar-refractivity contribution in [3.63, 3.8) is 0 Å². The quantitative estimate of drug-likeness (QED) is 0.211. The zero-order chi connectivity index (χ0) is 18.5. The highest BCUT2D eigenvalue weighted by molar-refractivity contribution is 6.18. The van der Waals surface area contributed by atoms with Gasteiger partial charge in [-0.2, -0.15) is 0 Å². The molecule has 0 aliphatic carbocycles. The maximum atomic E-state index is 10.9. The van der Waals surface area contributed by atoms with Crippen LogP contribution in [-0.4, -0.2) is 46.7 Å². The minimum Gasteiger partial charge on any atom is -0.507 e. The molecular weight excluding hydrogens is 332 g/mol. The summed E-state index contributed by atoms with van der Waals surface area (Å²) in [5, 5.41) is 48.5. The minimum absolute atomic E-state index is 0.0753. The van der Waals surface area contributed by atoms with E-state index in [2.05, 4.69) is 10.6 Å². The summed E-state index contributed by atoms with van der Waals surface area (Å²) in [4.78, 5) is 0. The van der Waals surface area contributed by atoms with Crippen LogP contribution in [-0.2, 0) is 0 Å². The summed E-state index contributed by atoms with van der Waals surface area (Å²) in [6, 6.07) is 10.9. The number of phenolic OH excluding ortho intramolecular Hbond substituents is 2. The molecule has 0 radical (unpaired) electrons. The number of hydrogen-bond acceptors (Lipinski definition) is 6. The standard InChI is InChI=1S/C20H24N2O4/c23-11-3-9-21-15-7-8-16(22-10-4-12-24)18-17(15)19(25)13-5-1-2-6-14(13)20(18)26/h1-2,5-8,21-26H,3-4,9-12H2. The average molecular weight is 356 g/mol. The van der Waals surface area contributed by atoms with Crippen LogP contribution in [0.25, 0.3) is 21.5 Å². The lowest BCUT2D eigenvalue weighted by atomic mass is 9.98. The monoisotopic (exact) mass is 356 g/mol. The second-order valence-corrected chi connectivity index (χ2v) is 6.16. The fraction of sp³-hybridized carbons (Fsp3) is 0.300. The Balaban J connectivity index is 2.22. The number of benzene rings is 3. The van der Waals surface area contributed by atoms with Crippen LogP contribution >= 0.6 is 0 Å². The van der Waals surface area contributed by atoms with Crippen LogP contribution in [0.3, 0.4) is 0 Å². The summed E-state index contributed by atoms with van der Waals surface area (Å²) >= 11 is 0. The Morgan fingerprint density at radius 3 is 1.46 bits per heavy atom. The smallest absolute Gasteiger partial charge is 0.133 e. The number of phenols is 2. The molecule has 0 fully saturated rings. The second kappa shape index (κ2) is 8.12. The Morgan fingerprint density at radius 2 is 1.08 bits per heavy atom. The lowest BCUT2D eigenvalue weighted by Crippen LogP contribution is -2.07. The minimum atomic E-state index is 0.0753. The normalized spacial score (nSPS) is 11.2. The van der Waals surface area contributed by atoms with Gasteiger partial charge < -0.3 is 31.1 Å². The predicted octanol–water partition coefficient (Wildman–Crippen LogP) is 2.99. The van der Waals surface area contributed by atoms with Crippen LogP contribution in [0.5, 0.6) is 11.5 Å². The van der Waals surface area contributed by atoms with Crippen molar-refractivity contribution in [3.05, 3.63) is 36.4 Å². The van der Waals surface area contributed by atoms with E-state index < -0.39 is 0 Å². The lowest BCUT2D eigenvalue weighted by Gasteiger charge is -2.18. The van der Waals surface area contributed by atoms with Crippen molar-refractivity contribution in [3.8, 4) is 11.5 Å². The van der Waals surface area contributed by atoms with Gasteiger partial charge in [-0.1, -0.05) is 24.3 Å². The molecule has 3 aromatic carbocycles. The van der Waals surface area contributed by atoms with Gasteiger partial charge in [-0.15, -0.1) is 0 Å². The molecule has 6 heteroatoms. The molecule has 0 bridgehead atoms. The molecule has 0 aliphatic rings. The molecule has 6 N–H and O–H groups in total. The molecule has 0 unspecified atom stereocenters. The first-order valence-corrected chi connectivity index (χ1v) is 8.77. The summed E-state index contributed by atoms with van der Waals surface area (Å²) < 4.78 is 0. The molecule has 0 heterocycles. The van der Waals surface area contributed by atoms with Crippen molar-refractivity contribution in [2.24, 2.45) is 0 Å². The van der Waals surface area contributed by atoms with E-state index in [-0.39, 0.29) is 24.7 Å². The third kappa shape index (κ3) is 3.34. The number of aromatic hydroxyl groups is 2. The first-order chi connectivity index (χ1) is 12.7. The lowest BCUT2D eigenvalue weighted by molar-refractivity contribution is 0.292. The Bertz CT molecular complexity index is 837. The summed E-state index contributed by atoms with van der Waals surface area (Å²) in [6.45, 7) is 1.25. The van der Waals surface area contributed by atoms with E-state index in [1.54, 1.807) is 12.1 Å². The summed E-state index contributed by atoms with van der Waals surface area (Å²) in [5.74, 6) is 0.205. The molecule has 3 rings (SSSR count). The first kappa shape index (κ1) is 18.1. The van der Waals surface area contributed by atoms with Gasteiger partial charge >= 0.3 is 0 Å². The molecule has 0 spiro atoms. The van der Waals surface area contributed by atoms with Gasteiger partial charge in [0.25, 0.3) is 0 Å². The Hall–Kier alpha value is -2.70. The Labute approximate surface area is 151 Å². The van der Waals surface area contributed by atoms with Crippen LogP contribution in [0.15, 0.2) is 36.4 Å². The van der Waals surface area contributed by atoms with Crippen LogP contribution in [0, 0.1) is 0 Å². The molecule has 26 heavy (non-hydrogen) atoms. The van der Waals surface area contributed by atoms with Crippen LogP contribution in [0.2, 0.25) is 0 Å². The molecule has 0 amide bonds. The zero-order valence-corrected chi connectivity index (χ0v) is 14.5. The topological polar surface area (TPSA) is 105 Å². The van der Waals surface area contributed by atoms with E-state index in [1.807, 2.05) is 24.3 Å². The van der Waals surface area contributed by atoms with Gasteiger partial charge in [-0.05, 0) is 25.0 Å². The number of fused-ring (bicyclic) bond motifs is 2. The molecule has 3 aromatic rings. The van der Waals surface area contributed by atoms with Gasteiger partial charge in [0.2, 0.25) is 0 Å². The van der Waals surface area contributed by atoms with Crippen molar-refractivity contribution in [1.82, 2.24) is 0 Å². The molecule has 0 atom stereocenters. The van der Waals surface area contributed by atoms with Crippen molar-refractivity contribution in [2.75, 3.05) is 36.9 Å². The van der Waals surface area contributed by atoms with Crippen molar-refractivity contribution in [2.45, 2.75) is 12.8 Å². The molecule has 0 saturated carbocycles. The second-order valence-electron chi connectivity index (χ2n) is 6.16. The van der Waals surface area contributed by atoms with Gasteiger partial charge in [0, 0.05) is 48.5 Å². The number of aliphatic hydroxyl groups excluding tert-OH is 2. The van der Waals surface area contributed by atoms with E-state index >= 15 is 0 Å². The number of aliphatic hydroxyl groups is 2. The Morgan fingerprint density at radius 1 is 0.654 bits per heavy atom. The van der Waals surface area contributed by atoms with E-state index in [0.717, 1.165) is 0 Å². The van der Waals surface area contributed by atoms with Gasteiger partial charge in [0.05, 0.1) is 10.8 Å². The van der Waals surface area contributed by atoms with E-state index in [1.165, 1.54) is 0 Å². The fourth-order valence-electron chi connectivity index (χ4n) is 3.16. The van der Waals surface area contributed by atoms with Gasteiger partial charge in [0.15, 0.2) is 0 Å². The molecule has 6 nitrogen and oxygen atoms in total. The average Bonchev–Trinajstić information content (AvgIpc) is 2.67. The van der Waals surface area contributed by atoms with Crippen molar-refractivity contribution >= 4 is 32.9 Å². The van der Waals surface area contributed by atoms with Gasteiger partial charge in [-0.25, -0.2) is 0 Å². The molecule has 138 valence electrons. The molecular formula is C20H24N2O4. The molecule has 0 aliphatic heterocycles. The highest BCUT2D eigenvalue weighted by Crippen LogP contribution is 2.47. The summed E-state index contributed by atoms with van der Waals surface area (Å²) in [5.41, 5.74) is 1.39. The zero-order valence-electron chi connectivity index (χ0n) is 14.5. The molecule has 0 saturated heterocycles. The number of hydrogen-bond donors (Lipinski definition) is 6. The van der Waals surface area contributed by atoms with Crippen molar-refractivity contribution < 1.29 is 20.4 Å². The first-order valence-electron chi connectivity index (χ1n) is 8.77. The van der Waals surface area contributed by atoms with Crippen LogP contribution < -0.4 is 10.6 Å². The van der Waals surface area contributed by atoms with E-state index in [0.29, 0.717) is 58.9 Å². The van der Waals surface area contributed by atoms with Crippen LogP contribution in [0.4, 0.5) is 11.4 Å². The maximum Gasteiger partial charge on any atom is 0.133 e. The predicted molar refractivity (Wildman–Crippen MR) is 105 cm³/mol. The molecule has 0 aromatic heterocycles. The van der Waals surface area contributed by atoms with E-state index in [9.17, 15) is 10.2 Å². The van der Waals surface area contributed by atoms with E-state index in [4.69, 9.17) is 10.2 Å². The highest BCUT2D eigenvalue weighted by Gasteiger charge is 2.18. The SMILES string of the molecule is OCCCNc1ccc(NCCCO)c2c(O)c3ccccc3c(O)c12. The number of rotatable bonds is 8. The third-order valence-corrected chi connectivity index (χ3v) is 4.42.